The summed E-state index contributed by atoms with van der Waals surface area (Å²) in [7, 11) is 0. The summed E-state index contributed by atoms with van der Waals surface area (Å²) < 4.78 is 27.1. The molecule has 0 aliphatic heterocycles. The number of carbonyl (C=O) groups excluding carboxylic acids is 1. The van der Waals surface area contributed by atoms with Gasteiger partial charge in [0.25, 0.3) is 5.91 Å². The number of aromatic nitrogens is 3. The molecule has 2 aromatic heterocycles. The van der Waals surface area contributed by atoms with Crippen molar-refractivity contribution in [2.45, 2.75) is 12.8 Å². The van der Waals surface area contributed by atoms with E-state index in [4.69, 9.17) is 9.97 Å². The van der Waals surface area contributed by atoms with E-state index in [1.165, 1.54) is 24.3 Å². The van der Waals surface area contributed by atoms with Crippen LogP contribution in [-0.2, 0) is 6.42 Å². The Morgan fingerprint density at radius 3 is 2.00 bits per heavy atom. The Kier molecular flexibility index (Phi) is 6.71. The lowest BCUT2D eigenvalue weighted by molar-refractivity contribution is 0.0953. The molecule has 0 saturated carbocycles. The maximum atomic E-state index is 13.6. The fourth-order valence-electron chi connectivity index (χ4n) is 3.93. The molecule has 0 atom stereocenters. The molecule has 1 N–H and O–H groups in total. The molecule has 0 aliphatic rings. The van der Waals surface area contributed by atoms with Crippen molar-refractivity contribution < 1.29 is 13.6 Å². The predicted molar refractivity (Wildman–Crippen MR) is 135 cm³/mol. The summed E-state index contributed by atoms with van der Waals surface area (Å²) in [6.07, 6.45) is 3.30. The zero-order valence-corrected chi connectivity index (χ0v) is 19.3. The van der Waals surface area contributed by atoms with Crippen molar-refractivity contribution in [3.63, 3.8) is 0 Å². The van der Waals surface area contributed by atoms with Crippen LogP contribution in [0.4, 0.5) is 8.78 Å². The highest BCUT2D eigenvalue weighted by molar-refractivity contribution is 5.98. The van der Waals surface area contributed by atoms with E-state index in [9.17, 15) is 13.6 Å². The van der Waals surface area contributed by atoms with Gasteiger partial charge in [-0.1, -0.05) is 6.07 Å². The Morgan fingerprint density at radius 2 is 1.39 bits per heavy atom. The highest BCUT2D eigenvalue weighted by Gasteiger charge is 2.15. The molecule has 0 aliphatic carbocycles. The SMILES string of the molecule is O=C(NCCCc1ccccn1)c1ccc2nc(-c3ccc(F)cc3)c(-c3ccc(F)cc3)nc2c1. The number of nitrogens with one attached hydrogen (secondary N) is 1. The van der Waals surface area contributed by atoms with E-state index >= 15 is 0 Å². The van der Waals surface area contributed by atoms with Crippen LogP contribution in [0.5, 0.6) is 0 Å². The first-order valence-electron chi connectivity index (χ1n) is 11.6. The number of hydrogen-bond acceptors (Lipinski definition) is 4. The molecular formula is C29H22F2N4O. The van der Waals surface area contributed by atoms with Gasteiger partial charge < -0.3 is 5.32 Å². The molecule has 0 saturated heterocycles. The number of rotatable bonds is 7. The topological polar surface area (TPSA) is 67.8 Å². The molecule has 3 aromatic carbocycles. The number of nitrogens with zero attached hydrogens (tertiary/aromatic N) is 3. The highest BCUT2D eigenvalue weighted by Crippen LogP contribution is 2.31. The Bertz CT molecular complexity index is 1510. The summed E-state index contributed by atoms with van der Waals surface area (Å²) in [4.78, 5) is 26.6. The molecule has 178 valence electrons. The number of carbonyl (C=O) groups is 1. The number of halogens is 2. The number of hydrogen-bond donors (Lipinski definition) is 1. The summed E-state index contributed by atoms with van der Waals surface area (Å²) in [5, 5.41) is 2.94. The fraction of sp³-hybridized carbons (Fsp3) is 0.103. The van der Waals surface area contributed by atoms with Crippen LogP contribution in [0.3, 0.4) is 0 Å². The summed E-state index contributed by atoms with van der Waals surface area (Å²) >= 11 is 0. The fourth-order valence-corrected chi connectivity index (χ4v) is 3.93. The van der Waals surface area contributed by atoms with Gasteiger partial charge in [-0.25, -0.2) is 18.7 Å². The highest BCUT2D eigenvalue weighted by atomic mass is 19.1. The molecule has 1 amide bonds. The van der Waals surface area contributed by atoms with Gasteiger partial charge in [0.15, 0.2) is 0 Å². The van der Waals surface area contributed by atoms with E-state index in [2.05, 4.69) is 10.3 Å². The molecule has 36 heavy (non-hydrogen) atoms. The Balaban J connectivity index is 1.43. The van der Waals surface area contributed by atoms with Crippen molar-refractivity contribution in [2.75, 3.05) is 6.54 Å². The third-order valence-corrected chi connectivity index (χ3v) is 5.78. The van der Waals surface area contributed by atoms with Gasteiger partial charge >= 0.3 is 0 Å². The van der Waals surface area contributed by atoms with Crippen LogP contribution in [0.25, 0.3) is 33.5 Å². The van der Waals surface area contributed by atoms with Crippen molar-refractivity contribution in [1.29, 1.82) is 0 Å². The standard InChI is InChI=1S/C29H22F2N4O/c30-22-11-6-19(7-12-22)27-28(20-8-13-23(31)14-9-20)35-26-18-21(10-15-25(26)34-27)29(36)33-17-3-5-24-4-1-2-16-32-24/h1-2,4,6-16,18H,3,5,17H2,(H,33,36). The van der Waals surface area contributed by atoms with Crippen LogP contribution in [0.15, 0.2) is 91.1 Å². The molecule has 5 aromatic rings. The second-order valence-corrected chi connectivity index (χ2v) is 8.32. The minimum absolute atomic E-state index is 0.203. The van der Waals surface area contributed by atoms with E-state index in [1.807, 2.05) is 18.2 Å². The van der Waals surface area contributed by atoms with Crippen LogP contribution >= 0.6 is 0 Å². The summed E-state index contributed by atoms with van der Waals surface area (Å²) in [6.45, 7) is 0.517. The van der Waals surface area contributed by atoms with Crippen LogP contribution < -0.4 is 5.32 Å². The van der Waals surface area contributed by atoms with E-state index in [1.54, 1.807) is 48.7 Å². The largest absolute Gasteiger partial charge is 0.352 e. The van der Waals surface area contributed by atoms with Gasteiger partial charge in [-0.15, -0.1) is 0 Å². The lowest BCUT2D eigenvalue weighted by Crippen LogP contribution is -2.24. The van der Waals surface area contributed by atoms with Gasteiger partial charge in [-0.2, -0.15) is 0 Å². The van der Waals surface area contributed by atoms with Crippen molar-refractivity contribution >= 4 is 16.9 Å². The van der Waals surface area contributed by atoms with Gasteiger partial charge in [0.1, 0.15) is 11.6 Å². The molecule has 0 spiro atoms. The van der Waals surface area contributed by atoms with Crippen molar-refractivity contribution in [3.8, 4) is 22.5 Å². The third-order valence-electron chi connectivity index (χ3n) is 5.78. The molecule has 2 heterocycles. The van der Waals surface area contributed by atoms with Crippen LogP contribution in [0.1, 0.15) is 22.5 Å². The minimum atomic E-state index is -0.363. The zero-order valence-electron chi connectivity index (χ0n) is 19.3. The first-order valence-corrected chi connectivity index (χ1v) is 11.6. The van der Waals surface area contributed by atoms with Crippen LogP contribution in [0.2, 0.25) is 0 Å². The molecule has 7 heteroatoms. The third kappa shape index (κ3) is 5.25. The second-order valence-electron chi connectivity index (χ2n) is 8.32. The van der Waals surface area contributed by atoms with Gasteiger partial charge in [0.2, 0.25) is 0 Å². The molecule has 0 radical (unpaired) electrons. The van der Waals surface area contributed by atoms with Crippen molar-refractivity contribution in [2.24, 2.45) is 0 Å². The molecular weight excluding hydrogens is 458 g/mol. The van der Waals surface area contributed by atoms with Gasteiger partial charge in [0.05, 0.1) is 22.4 Å². The van der Waals surface area contributed by atoms with Gasteiger partial charge in [-0.05, 0) is 91.7 Å². The molecule has 5 nitrogen and oxygen atoms in total. The normalized spacial score (nSPS) is 10.9. The number of fused-ring (bicyclic) bond motifs is 1. The van der Waals surface area contributed by atoms with E-state index in [0.717, 1.165) is 18.5 Å². The Morgan fingerprint density at radius 1 is 0.750 bits per heavy atom. The van der Waals surface area contributed by atoms with Crippen LogP contribution in [-0.4, -0.2) is 27.4 Å². The van der Waals surface area contributed by atoms with Crippen molar-refractivity contribution in [3.05, 3.63) is 114 Å². The van der Waals surface area contributed by atoms with Gasteiger partial charge in [-0.3, -0.25) is 9.78 Å². The first-order chi connectivity index (χ1) is 17.6. The van der Waals surface area contributed by atoms with E-state index in [0.29, 0.717) is 45.7 Å². The number of amides is 1. The predicted octanol–water partition coefficient (Wildman–Crippen LogP) is 6.00. The first kappa shape index (κ1) is 23.2. The molecule has 5 rings (SSSR count). The van der Waals surface area contributed by atoms with Gasteiger partial charge in [0, 0.05) is 35.1 Å². The lowest BCUT2D eigenvalue weighted by atomic mass is 10.0. The maximum Gasteiger partial charge on any atom is 0.251 e. The van der Waals surface area contributed by atoms with Crippen LogP contribution in [0, 0.1) is 11.6 Å². The summed E-state index contributed by atoms with van der Waals surface area (Å²) in [5.41, 5.74) is 4.97. The number of aryl methyl sites for hydroxylation is 1. The van der Waals surface area contributed by atoms with E-state index in [-0.39, 0.29) is 17.5 Å². The molecule has 0 fully saturated rings. The number of pyridine rings is 1. The molecule has 0 bridgehead atoms. The monoisotopic (exact) mass is 480 g/mol. The average Bonchev–Trinajstić information content (AvgIpc) is 2.91. The second kappa shape index (κ2) is 10.4. The smallest absolute Gasteiger partial charge is 0.251 e. The number of benzene rings is 3. The zero-order chi connectivity index (χ0) is 24.9. The Hall–Kier alpha value is -4.52. The average molecular weight is 481 g/mol. The minimum Gasteiger partial charge on any atom is -0.352 e. The maximum absolute atomic E-state index is 13.6. The van der Waals surface area contributed by atoms with Crippen molar-refractivity contribution in [1.82, 2.24) is 20.3 Å². The summed E-state index contributed by atoms with van der Waals surface area (Å²) in [5.74, 6) is -0.921. The quantitative estimate of drug-likeness (QED) is 0.290. The Labute approximate surface area is 206 Å². The summed E-state index contributed by atoms with van der Waals surface area (Å²) in [6, 6.07) is 22.8. The van der Waals surface area contributed by atoms with E-state index < -0.39 is 0 Å². The molecule has 0 unspecified atom stereocenters. The lowest BCUT2D eigenvalue weighted by Gasteiger charge is -2.12.